The molecule has 3 rings (SSSR count). The van der Waals surface area contributed by atoms with Gasteiger partial charge in [-0.2, -0.15) is 4.98 Å². The average Bonchev–Trinajstić information content (AvgIpc) is 2.62. The van der Waals surface area contributed by atoms with Gasteiger partial charge in [0, 0.05) is 36.8 Å². The number of aromatic nitrogens is 2. The van der Waals surface area contributed by atoms with E-state index in [9.17, 15) is 19.7 Å². The molecule has 1 aliphatic rings. The van der Waals surface area contributed by atoms with E-state index in [1.165, 1.54) is 17.8 Å². The van der Waals surface area contributed by atoms with Crippen molar-refractivity contribution >= 4 is 29.2 Å². The Bertz CT molecular complexity index is 970. The van der Waals surface area contributed by atoms with Crippen molar-refractivity contribution < 1.29 is 9.72 Å². The highest BCUT2D eigenvalue weighted by molar-refractivity contribution is 7.99. The maximum absolute atomic E-state index is 12.7. The van der Waals surface area contributed by atoms with Gasteiger partial charge in [0.2, 0.25) is 5.91 Å². The minimum absolute atomic E-state index is 0.0477. The Morgan fingerprint density at radius 2 is 2.19 bits per heavy atom. The third-order valence-electron chi connectivity index (χ3n) is 4.14. The zero-order chi connectivity index (χ0) is 18.8. The molecule has 134 valence electrons. The van der Waals surface area contributed by atoms with Crippen LogP contribution in [-0.4, -0.2) is 26.1 Å². The number of benzene rings is 1. The van der Waals surface area contributed by atoms with Gasteiger partial charge in [-0.25, -0.2) is 0 Å². The lowest BCUT2D eigenvalue weighted by atomic mass is 9.86. The Balaban J connectivity index is 2.21. The Kier molecular flexibility index (Phi) is 4.90. The minimum atomic E-state index is -0.718. The van der Waals surface area contributed by atoms with E-state index in [1.807, 2.05) is 0 Å². The number of fused-ring (bicyclic) bond motifs is 1. The summed E-state index contributed by atoms with van der Waals surface area (Å²) in [4.78, 5) is 39.9. The van der Waals surface area contributed by atoms with E-state index in [0.29, 0.717) is 22.3 Å². The van der Waals surface area contributed by atoms with E-state index >= 15 is 0 Å². The molecular weight excluding hydrogens is 356 g/mol. The smallest absolute Gasteiger partial charge is 0.279 e. The first-order valence-electron chi connectivity index (χ1n) is 7.81. The lowest BCUT2D eigenvalue weighted by Crippen LogP contribution is -2.33. The topological polar surface area (TPSA) is 107 Å². The van der Waals surface area contributed by atoms with E-state index in [1.54, 1.807) is 35.9 Å². The van der Waals surface area contributed by atoms with Gasteiger partial charge in [-0.05, 0) is 0 Å². The van der Waals surface area contributed by atoms with Crippen LogP contribution >= 0.6 is 11.8 Å². The summed E-state index contributed by atoms with van der Waals surface area (Å²) in [5.74, 6) is -0.136. The number of carbonyl (C=O) groups is 1. The SMILES string of the molecule is C=CCSc1nc(=O)c2c(n1C)NC(=O)CC2c1ccccc1[N+](=O)[O-]. The Morgan fingerprint density at radius 3 is 2.88 bits per heavy atom. The summed E-state index contributed by atoms with van der Waals surface area (Å²) in [7, 11) is 1.69. The van der Waals surface area contributed by atoms with Gasteiger partial charge in [0.15, 0.2) is 5.16 Å². The first kappa shape index (κ1) is 17.9. The molecule has 2 heterocycles. The van der Waals surface area contributed by atoms with Crippen LogP contribution in [0.1, 0.15) is 23.5 Å². The van der Waals surface area contributed by atoms with Crippen LogP contribution in [0.5, 0.6) is 0 Å². The number of nitro groups is 1. The molecule has 0 saturated carbocycles. The predicted octanol–water partition coefficient (Wildman–Crippen LogP) is 2.44. The molecule has 0 spiro atoms. The van der Waals surface area contributed by atoms with Crippen molar-refractivity contribution in [3.8, 4) is 0 Å². The minimum Gasteiger partial charge on any atom is -0.312 e. The van der Waals surface area contributed by atoms with Crippen molar-refractivity contribution in [3.05, 3.63) is 68.5 Å². The summed E-state index contributed by atoms with van der Waals surface area (Å²) in [6, 6.07) is 6.15. The van der Waals surface area contributed by atoms with Crippen LogP contribution in [0.25, 0.3) is 0 Å². The molecule has 1 amide bonds. The molecule has 0 aliphatic carbocycles. The number of rotatable bonds is 5. The fraction of sp³-hybridized carbons (Fsp3) is 0.235. The standard InChI is InChI=1S/C17H16N4O4S/c1-3-8-26-17-19-16(23)14-11(9-13(22)18-15(14)20(17)2)10-6-4-5-7-12(10)21(24)25/h3-7,11H,1,8-9H2,2H3,(H,18,22). The fourth-order valence-electron chi connectivity index (χ4n) is 3.01. The molecule has 26 heavy (non-hydrogen) atoms. The number of hydrogen-bond acceptors (Lipinski definition) is 6. The summed E-state index contributed by atoms with van der Waals surface area (Å²) in [5.41, 5.74) is -0.0125. The fourth-order valence-corrected chi connectivity index (χ4v) is 3.71. The van der Waals surface area contributed by atoms with Crippen molar-refractivity contribution in [3.63, 3.8) is 0 Å². The zero-order valence-electron chi connectivity index (χ0n) is 14.0. The van der Waals surface area contributed by atoms with Crippen LogP contribution in [0.2, 0.25) is 0 Å². The van der Waals surface area contributed by atoms with E-state index < -0.39 is 16.4 Å². The molecule has 1 aromatic carbocycles. The van der Waals surface area contributed by atoms with Crippen molar-refractivity contribution in [2.75, 3.05) is 11.1 Å². The van der Waals surface area contributed by atoms with Gasteiger partial charge in [-0.3, -0.25) is 19.7 Å². The predicted molar refractivity (Wildman–Crippen MR) is 98.6 cm³/mol. The van der Waals surface area contributed by atoms with Crippen LogP contribution in [0, 0.1) is 10.1 Å². The summed E-state index contributed by atoms with van der Waals surface area (Å²) in [6.07, 6.45) is 1.64. The molecule has 0 radical (unpaired) electrons. The van der Waals surface area contributed by atoms with E-state index in [2.05, 4.69) is 16.9 Å². The second kappa shape index (κ2) is 7.12. The largest absolute Gasteiger partial charge is 0.312 e. The third kappa shape index (κ3) is 3.13. The second-order valence-corrected chi connectivity index (χ2v) is 6.73. The lowest BCUT2D eigenvalue weighted by Gasteiger charge is -2.27. The lowest BCUT2D eigenvalue weighted by molar-refractivity contribution is -0.385. The second-order valence-electron chi connectivity index (χ2n) is 5.74. The summed E-state index contributed by atoms with van der Waals surface area (Å²) in [6.45, 7) is 3.64. The summed E-state index contributed by atoms with van der Waals surface area (Å²) in [5, 5.41) is 14.5. The Hall–Kier alpha value is -2.94. The molecule has 1 aliphatic heterocycles. The van der Waals surface area contributed by atoms with Crippen molar-refractivity contribution in [2.45, 2.75) is 17.5 Å². The normalized spacial score (nSPS) is 15.9. The molecule has 1 N–H and O–H groups in total. The van der Waals surface area contributed by atoms with Crippen LogP contribution in [0.4, 0.5) is 11.5 Å². The molecule has 2 aromatic rings. The van der Waals surface area contributed by atoms with Gasteiger partial charge >= 0.3 is 0 Å². The molecule has 8 nitrogen and oxygen atoms in total. The number of anilines is 1. The molecule has 0 fully saturated rings. The molecule has 0 saturated heterocycles. The number of nitrogens with zero attached hydrogens (tertiary/aromatic N) is 3. The molecular formula is C17H16N4O4S. The van der Waals surface area contributed by atoms with Crippen LogP contribution in [0.15, 0.2) is 46.9 Å². The van der Waals surface area contributed by atoms with Crippen molar-refractivity contribution in [2.24, 2.45) is 7.05 Å². The number of nitro benzene ring substituents is 1. The number of carbonyl (C=O) groups excluding carboxylic acids is 1. The highest BCUT2D eigenvalue weighted by atomic mass is 32.2. The van der Waals surface area contributed by atoms with Gasteiger partial charge in [0.1, 0.15) is 5.82 Å². The van der Waals surface area contributed by atoms with Gasteiger partial charge < -0.3 is 9.88 Å². The molecule has 1 unspecified atom stereocenters. The van der Waals surface area contributed by atoms with E-state index in [4.69, 9.17) is 0 Å². The highest BCUT2D eigenvalue weighted by Gasteiger charge is 2.35. The number of nitrogens with one attached hydrogen (secondary N) is 1. The maximum Gasteiger partial charge on any atom is 0.279 e. The zero-order valence-corrected chi connectivity index (χ0v) is 14.8. The average molecular weight is 372 g/mol. The van der Waals surface area contributed by atoms with Gasteiger partial charge in [-0.15, -0.1) is 6.58 Å². The van der Waals surface area contributed by atoms with Gasteiger partial charge in [-0.1, -0.05) is 36.0 Å². The number of hydrogen-bond donors (Lipinski definition) is 1. The molecule has 1 atom stereocenters. The van der Waals surface area contributed by atoms with Crippen LogP contribution in [0.3, 0.4) is 0 Å². The molecule has 1 aromatic heterocycles. The quantitative estimate of drug-likeness (QED) is 0.284. The summed E-state index contributed by atoms with van der Waals surface area (Å²) < 4.78 is 1.63. The monoisotopic (exact) mass is 372 g/mol. The van der Waals surface area contributed by atoms with E-state index in [0.717, 1.165) is 0 Å². The van der Waals surface area contributed by atoms with E-state index in [-0.39, 0.29) is 23.6 Å². The maximum atomic E-state index is 12.7. The highest BCUT2D eigenvalue weighted by Crippen LogP contribution is 2.39. The Labute approximate surface area is 153 Å². The number of para-hydroxylation sites is 1. The van der Waals surface area contributed by atoms with Gasteiger partial charge in [0.05, 0.1) is 10.5 Å². The first-order valence-corrected chi connectivity index (χ1v) is 8.80. The Morgan fingerprint density at radius 1 is 1.46 bits per heavy atom. The molecule has 9 heteroatoms. The van der Waals surface area contributed by atoms with Crippen molar-refractivity contribution in [1.82, 2.24) is 9.55 Å². The number of amides is 1. The molecule has 0 bridgehead atoms. The third-order valence-corrected chi connectivity index (χ3v) is 5.17. The van der Waals surface area contributed by atoms with Crippen molar-refractivity contribution in [1.29, 1.82) is 0 Å². The summed E-state index contributed by atoms with van der Waals surface area (Å²) >= 11 is 1.31. The van der Waals surface area contributed by atoms with Gasteiger partial charge in [0.25, 0.3) is 11.2 Å². The first-order chi connectivity index (χ1) is 12.4. The number of thioether (sulfide) groups is 1. The van der Waals surface area contributed by atoms with Crippen LogP contribution < -0.4 is 10.9 Å². The van der Waals surface area contributed by atoms with Crippen LogP contribution in [-0.2, 0) is 11.8 Å².